The van der Waals surface area contributed by atoms with Crippen LogP contribution in [-0.2, 0) is 0 Å². The summed E-state index contributed by atoms with van der Waals surface area (Å²) in [5.41, 5.74) is 2.40. The van der Waals surface area contributed by atoms with Gasteiger partial charge in [0.15, 0.2) is 0 Å². The lowest BCUT2D eigenvalue weighted by atomic mass is 10.1. The molecule has 2 aliphatic heterocycles. The molecule has 0 aliphatic carbocycles. The highest BCUT2D eigenvalue weighted by molar-refractivity contribution is 6.19. The summed E-state index contributed by atoms with van der Waals surface area (Å²) in [5, 5.41) is 10.3. The number of fused-ring (bicyclic) bond motifs is 3. The van der Waals surface area contributed by atoms with E-state index in [-0.39, 0.29) is 5.76 Å². The molecule has 0 saturated heterocycles. The lowest BCUT2D eigenvalue weighted by Gasteiger charge is -2.25. The van der Waals surface area contributed by atoms with E-state index >= 15 is 0 Å². The molecular formula is C16H13N5O. The number of aromatic nitrogens is 2. The fraction of sp³-hybridized carbons (Fsp3) is 0.125. The van der Waals surface area contributed by atoms with Crippen molar-refractivity contribution >= 4 is 23.1 Å². The van der Waals surface area contributed by atoms with Crippen molar-refractivity contribution in [2.45, 2.75) is 0 Å². The van der Waals surface area contributed by atoms with Gasteiger partial charge in [0.1, 0.15) is 17.4 Å². The second-order valence-corrected chi connectivity index (χ2v) is 4.99. The largest absolute Gasteiger partial charge is 0.507 e. The Labute approximate surface area is 127 Å². The van der Waals surface area contributed by atoms with E-state index in [1.54, 1.807) is 43.0 Å². The monoisotopic (exact) mass is 291 g/mol. The van der Waals surface area contributed by atoms with E-state index in [1.165, 1.54) is 0 Å². The molecule has 2 aromatic heterocycles. The first kappa shape index (κ1) is 12.7. The lowest BCUT2D eigenvalue weighted by molar-refractivity contribution is 0.511. The summed E-state index contributed by atoms with van der Waals surface area (Å²) in [6, 6.07) is 5.44. The third-order valence-corrected chi connectivity index (χ3v) is 3.61. The standard InChI is InChI=1S/C16H13N5O/c22-14(11-2-1-4-17-9-11)8-15-20-13-3-5-18-10-12(13)16-19-6-7-21(15)16/h1-5,8-10,22H,6-7H2/b14-8-. The third-order valence-electron chi connectivity index (χ3n) is 3.61. The zero-order chi connectivity index (χ0) is 14.9. The van der Waals surface area contributed by atoms with Crippen LogP contribution >= 0.6 is 0 Å². The number of hydrogen-bond donors (Lipinski definition) is 1. The van der Waals surface area contributed by atoms with Crippen LogP contribution in [-0.4, -0.2) is 44.7 Å². The molecule has 108 valence electrons. The molecule has 0 saturated carbocycles. The highest BCUT2D eigenvalue weighted by atomic mass is 16.3. The van der Waals surface area contributed by atoms with Gasteiger partial charge in [0.25, 0.3) is 0 Å². The van der Waals surface area contributed by atoms with Crippen molar-refractivity contribution in [1.82, 2.24) is 14.9 Å². The molecule has 0 spiro atoms. The minimum Gasteiger partial charge on any atom is -0.507 e. The van der Waals surface area contributed by atoms with Crippen molar-refractivity contribution in [1.29, 1.82) is 0 Å². The first-order valence-corrected chi connectivity index (χ1v) is 6.99. The fourth-order valence-corrected chi connectivity index (χ4v) is 2.57. The Morgan fingerprint density at radius 3 is 2.95 bits per heavy atom. The molecule has 0 amide bonds. The second kappa shape index (κ2) is 5.07. The highest BCUT2D eigenvalue weighted by Crippen LogP contribution is 2.28. The van der Waals surface area contributed by atoms with Gasteiger partial charge in [-0.3, -0.25) is 15.0 Å². The number of hydrogen-bond acceptors (Lipinski definition) is 6. The number of aliphatic hydroxyl groups excluding tert-OH is 1. The van der Waals surface area contributed by atoms with Crippen LogP contribution in [0.1, 0.15) is 11.1 Å². The maximum absolute atomic E-state index is 10.3. The van der Waals surface area contributed by atoms with Crippen LogP contribution in [0.3, 0.4) is 0 Å². The van der Waals surface area contributed by atoms with Crippen molar-refractivity contribution in [2.75, 3.05) is 13.1 Å². The zero-order valence-electron chi connectivity index (χ0n) is 11.7. The first-order chi connectivity index (χ1) is 10.8. The number of aliphatic imine (C=N–C) groups is 2. The molecule has 6 heteroatoms. The molecule has 0 unspecified atom stereocenters. The van der Waals surface area contributed by atoms with Crippen molar-refractivity contribution < 1.29 is 5.11 Å². The molecule has 6 nitrogen and oxygen atoms in total. The maximum Gasteiger partial charge on any atom is 0.140 e. The van der Waals surface area contributed by atoms with E-state index in [2.05, 4.69) is 20.0 Å². The van der Waals surface area contributed by atoms with Crippen molar-refractivity contribution in [3.63, 3.8) is 0 Å². The summed E-state index contributed by atoms with van der Waals surface area (Å²) in [6.07, 6.45) is 8.42. The average molecular weight is 291 g/mol. The Balaban J connectivity index is 1.79. The van der Waals surface area contributed by atoms with Crippen LogP contribution in [0.5, 0.6) is 0 Å². The van der Waals surface area contributed by atoms with Crippen molar-refractivity contribution in [2.24, 2.45) is 9.98 Å². The van der Waals surface area contributed by atoms with E-state index in [4.69, 9.17) is 0 Å². The quantitative estimate of drug-likeness (QED) is 0.861. The molecule has 0 radical (unpaired) electrons. The van der Waals surface area contributed by atoms with Crippen LogP contribution in [0.15, 0.2) is 59.0 Å². The molecule has 1 N–H and O–H groups in total. The smallest absolute Gasteiger partial charge is 0.140 e. The summed E-state index contributed by atoms with van der Waals surface area (Å²) in [7, 11) is 0. The molecule has 22 heavy (non-hydrogen) atoms. The van der Waals surface area contributed by atoms with Crippen LogP contribution in [0.25, 0.3) is 5.76 Å². The summed E-state index contributed by atoms with van der Waals surface area (Å²) in [6.45, 7) is 1.46. The predicted molar refractivity (Wildman–Crippen MR) is 84.3 cm³/mol. The molecule has 4 heterocycles. The summed E-state index contributed by atoms with van der Waals surface area (Å²) < 4.78 is 0. The SMILES string of the molecule is O/C(=C\C1=Nc2ccncc2C2=NCCN12)c1cccnc1. The van der Waals surface area contributed by atoms with Gasteiger partial charge < -0.3 is 10.0 Å². The van der Waals surface area contributed by atoms with Gasteiger partial charge in [0.2, 0.25) is 0 Å². The fourth-order valence-electron chi connectivity index (χ4n) is 2.57. The van der Waals surface area contributed by atoms with Crippen LogP contribution in [0, 0.1) is 0 Å². The molecule has 2 aliphatic rings. The Hall–Kier alpha value is -3.02. The minimum absolute atomic E-state index is 0.135. The Morgan fingerprint density at radius 1 is 1.18 bits per heavy atom. The zero-order valence-corrected chi connectivity index (χ0v) is 11.7. The van der Waals surface area contributed by atoms with E-state index in [9.17, 15) is 5.11 Å². The van der Waals surface area contributed by atoms with Gasteiger partial charge >= 0.3 is 0 Å². The van der Waals surface area contributed by atoms with Crippen molar-refractivity contribution in [3.8, 4) is 0 Å². The van der Waals surface area contributed by atoms with Crippen LogP contribution in [0.2, 0.25) is 0 Å². The number of pyridine rings is 2. The van der Waals surface area contributed by atoms with Crippen LogP contribution < -0.4 is 0 Å². The minimum atomic E-state index is 0.135. The van der Waals surface area contributed by atoms with Crippen LogP contribution in [0.4, 0.5) is 5.69 Å². The van der Waals surface area contributed by atoms with Gasteiger partial charge in [0.05, 0.1) is 17.8 Å². The second-order valence-electron chi connectivity index (χ2n) is 4.99. The van der Waals surface area contributed by atoms with E-state index in [0.29, 0.717) is 17.9 Å². The van der Waals surface area contributed by atoms with Crippen molar-refractivity contribution in [3.05, 3.63) is 60.2 Å². The highest BCUT2D eigenvalue weighted by Gasteiger charge is 2.28. The Bertz CT molecular complexity index is 810. The van der Waals surface area contributed by atoms with Gasteiger partial charge in [0, 0.05) is 43.0 Å². The van der Waals surface area contributed by atoms with E-state index < -0.39 is 0 Å². The normalized spacial score (nSPS) is 16.7. The van der Waals surface area contributed by atoms with E-state index in [1.807, 2.05) is 11.0 Å². The first-order valence-electron chi connectivity index (χ1n) is 6.99. The Kier molecular flexibility index (Phi) is 2.93. The molecule has 0 bridgehead atoms. The number of nitrogens with zero attached hydrogens (tertiary/aromatic N) is 5. The molecule has 0 fully saturated rings. The van der Waals surface area contributed by atoms with Gasteiger partial charge in [-0.25, -0.2) is 4.99 Å². The molecule has 2 aromatic rings. The molecule has 0 atom stereocenters. The third kappa shape index (κ3) is 2.05. The van der Waals surface area contributed by atoms with E-state index in [0.717, 1.165) is 23.6 Å². The molecular weight excluding hydrogens is 278 g/mol. The molecule has 4 rings (SSSR count). The summed E-state index contributed by atoms with van der Waals surface area (Å²) >= 11 is 0. The summed E-state index contributed by atoms with van der Waals surface area (Å²) in [5.74, 6) is 1.68. The van der Waals surface area contributed by atoms with Gasteiger partial charge in [-0.1, -0.05) is 0 Å². The predicted octanol–water partition coefficient (Wildman–Crippen LogP) is 2.18. The topological polar surface area (TPSA) is 74.0 Å². The van der Waals surface area contributed by atoms with Gasteiger partial charge in [-0.15, -0.1) is 0 Å². The Morgan fingerprint density at radius 2 is 2.09 bits per heavy atom. The summed E-state index contributed by atoms with van der Waals surface area (Å²) in [4.78, 5) is 19.3. The number of rotatable bonds is 2. The average Bonchev–Trinajstić information content (AvgIpc) is 3.06. The lowest BCUT2D eigenvalue weighted by Crippen LogP contribution is -2.36. The molecule has 0 aromatic carbocycles. The number of aliphatic hydroxyl groups is 1. The van der Waals surface area contributed by atoms with Gasteiger partial charge in [-0.05, 0) is 18.2 Å². The maximum atomic E-state index is 10.3. The number of amidine groups is 2. The van der Waals surface area contributed by atoms with Gasteiger partial charge in [-0.2, -0.15) is 0 Å².